The minimum absolute atomic E-state index is 0.227. The third-order valence-electron chi connectivity index (χ3n) is 4.06. The van der Waals surface area contributed by atoms with Crippen LogP contribution in [0.3, 0.4) is 0 Å². The van der Waals surface area contributed by atoms with Crippen molar-refractivity contribution in [1.29, 1.82) is 0 Å². The van der Waals surface area contributed by atoms with Gasteiger partial charge < -0.3 is 15.9 Å². The molecular weight excluding hydrogens is 182 g/mol. The lowest BCUT2D eigenvalue weighted by molar-refractivity contribution is -0.148. The zero-order chi connectivity index (χ0) is 10.3. The molecule has 2 saturated carbocycles. The highest BCUT2D eigenvalue weighted by atomic mass is 16.4. The van der Waals surface area contributed by atoms with E-state index in [0.29, 0.717) is 6.42 Å². The Labute approximate surface area is 83.1 Å². The number of hydrogen-bond acceptors (Lipinski definition) is 3. The third-order valence-corrected chi connectivity index (χ3v) is 4.06. The molecule has 0 saturated heterocycles. The van der Waals surface area contributed by atoms with Gasteiger partial charge in [0.1, 0.15) is 0 Å². The van der Waals surface area contributed by atoms with E-state index >= 15 is 0 Å². The van der Waals surface area contributed by atoms with Crippen LogP contribution < -0.4 is 5.73 Å². The molecule has 4 heteroatoms. The summed E-state index contributed by atoms with van der Waals surface area (Å²) in [6.07, 6.45) is 3.32. The Morgan fingerprint density at radius 1 is 1.36 bits per heavy atom. The van der Waals surface area contributed by atoms with Crippen molar-refractivity contribution < 1.29 is 15.0 Å². The number of hydrogen-bond donors (Lipinski definition) is 3. The van der Waals surface area contributed by atoms with Crippen LogP contribution in [0.2, 0.25) is 0 Å². The lowest BCUT2D eigenvalue weighted by Gasteiger charge is -2.33. The minimum Gasteiger partial charge on any atom is -0.481 e. The van der Waals surface area contributed by atoms with E-state index in [1.807, 2.05) is 0 Å². The molecule has 14 heavy (non-hydrogen) atoms. The fourth-order valence-corrected chi connectivity index (χ4v) is 3.29. The molecule has 1 spiro atoms. The van der Waals surface area contributed by atoms with Crippen LogP contribution in [-0.2, 0) is 4.79 Å². The van der Waals surface area contributed by atoms with Gasteiger partial charge in [0.2, 0.25) is 0 Å². The van der Waals surface area contributed by atoms with Gasteiger partial charge in [-0.15, -0.1) is 0 Å². The molecule has 0 aromatic carbocycles. The number of rotatable bonds is 1. The predicted octanol–water partition coefficient (Wildman–Crippen LogP) is 0.339. The van der Waals surface area contributed by atoms with Gasteiger partial charge in [-0.2, -0.15) is 0 Å². The fourth-order valence-electron chi connectivity index (χ4n) is 3.29. The van der Waals surface area contributed by atoms with Crippen LogP contribution in [0.25, 0.3) is 0 Å². The molecule has 4 nitrogen and oxygen atoms in total. The number of aliphatic hydroxyl groups is 1. The van der Waals surface area contributed by atoms with Crippen LogP contribution in [0, 0.1) is 11.3 Å². The number of aliphatic hydroxyl groups excluding tert-OH is 1. The van der Waals surface area contributed by atoms with Crippen LogP contribution in [0.4, 0.5) is 0 Å². The Morgan fingerprint density at radius 2 is 2.07 bits per heavy atom. The number of nitrogens with two attached hydrogens (primary N) is 1. The van der Waals surface area contributed by atoms with Crippen molar-refractivity contribution in [2.75, 3.05) is 0 Å². The molecule has 2 aliphatic rings. The summed E-state index contributed by atoms with van der Waals surface area (Å²) >= 11 is 0. The number of carbonyl (C=O) groups is 1. The standard InChI is InChI=1S/C10H17NO3/c11-7-3-5-10(8(7)12)4-1-2-6(10)9(13)14/h6-8,12H,1-5,11H2,(H,13,14)/t6-,7+,8-,10-/m1/s1. The number of carboxylic acids is 1. The molecule has 2 aliphatic carbocycles. The molecule has 2 rings (SSSR count). The highest BCUT2D eigenvalue weighted by Crippen LogP contribution is 2.53. The van der Waals surface area contributed by atoms with E-state index in [0.717, 1.165) is 25.7 Å². The predicted molar refractivity (Wildman–Crippen MR) is 50.6 cm³/mol. The van der Waals surface area contributed by atoms with E-state index in [4.69, 9.17) is 10.8 Å². The Balaban J connectivity index is 2.26. The molecule has 4 atom stereocenters. The lowest BCUT2D eigenvalue weighted by Crippen LogP contribution is -2.44. The summed E-state index contributed by atoms with van der Waals surface area (Å²) in [7, 11) is 0. The average Bonchev–Trinajstić information content (AvgIpc) is 2.67. The maximum absolute atomic E-state index is 11.1. The summed E-state index contributed by atoms with van der Waals surface area (Å²) in [5.74, 6) is -1.15. The van der Waals surface area contributed by atoms with Gasteiger partial charge in [-0.25, -0.2) is 0 Å². The first kappa shape index (κ1) is 9.93. The second-order valence-electron chi connectivity index (χ2n) is 4.66. The summed E-state index contributed by atoms with van der Waals surface area (Å²) in [5.41, 5.74) is 5.34. The Hall–Kier alpha value is -0.610. The summed E-state index contributed by atoms with van der Waals surface area (Å²) in [5, 5.41) is 19.1. The summed E-state index contributed by atoms with van der Waals surface area (Å²) in [6.45, 7) is 0. The minimum atomic E-state index is -0.768. The zero-order valence-corrected chi connectivity index (χ0v) is 8.15. The molecule has 0 bridgehead atoms. The quantitative estimate of drug-likeness (QED) is 0.568. The van der Waals surface area contributed by atoms with Crippen LogP contribution in [0.5, 0.6) is 0 Å². The molecule has 0 amide bonds. The van der Waals surface area contributed by atoms with E-state index in [9.17, 15) is 9.90 Å². The number of aliphatic carboxylic acids is 1. The first-order valence-electron chi connectivity index (χ1n) is 5.24. The average molecular weight is 199 g/mol. The SMILES string of the molecule is N[C@H]1CC[C@@]2(CCC[C@@H]2C(=O)O)[C@@H]1O. The van der Waals surface area contributed by atoms with Gasteiger partial charge in [0.15, 0.2) is 0 Å². The van der Waals surface area contributed by atoms with Gasteiger partial charge in [0.25, 0.3) is 0 Å². The molecule has 80 valence electrons. The van der Waals surface area contributed by atoms with Crippen LogP contribution >= 0.6 is 0 Å². The Kier molecular flexibility index (Phi) is 2.27. The maximum Gasteiger partial charge on any atom is 0.307 e. The molecule has 0 heterocycles. The Morgan fingerprint density at radius 3 is 2.57 bits per heavy atom. The first-order valence-corrected chi connectivity index (χ1v) is 5.24. The van der Waals surface area contributed by atoms with Gasteiger partial charge in [-0.3, -0.25) is 4.79 Å². The van der Waals surface area contributed by atoms with Crippen molar-refractivity contribution in [3.05, 3.63) is 0 Å². The van der Waals surface area contributed by atoms with E-state index < -0.39 is 17.5 Å². The van der Waals surface area contributed by atoms with Crippen molar-refractivity contribution in [3.63, 3.8) is 0 Å². The van der Waals surface area contributed by atoms with E-state index in [-0.39, 0.29) is 12.0 Å². The van der Waals surface area contributed by atoms with Gasteiger partial charge in [0, 0.05) is 11.5 Å². The molecular formula is C10H17NO3. The third kappa shape index (κ3) is 1.17. The molecule has 0 radical (unpaired) electrons. The van der Waals surface area contributed by atoms with Crippen LogP contribution in [-0.4, -0.2) is 28.3 Å². The molecule has 0 aromatic heterocycles. The maximum atomic E-state index is 11.1. The van der Waals surface area contributed by atoms with Gasteiger partial charge in [-0.05, 0) is 25.7 Å². The van der Waals surface area contributed by atoms with Crippen molar-refractivity contribution in [2.45, 2.75) is 44.2 Å². The van der Waals surface area contributed by atoms with E-state index in [1.165, 1.54) is 0 Å². The molecule has 0 unspecified atom stereocenters. The van der Waals surface area contributed by atoms with Gasteiger partial charge >= 0.3 is 5.97 Å². The lowest BCUT2D eigenvalue weighted by atomic mass is 9.74. The summed E-state index contributed by atoms with van der Waals surface area (Å²) in [6, 6.07) is -0.227. The van der Waals surface area contributed by atoms with E-state index in [1.54, 1.807) is 0 Å². The van der Waals surface area contributed by atoms with Crippen LogP contribution in [0.1, 0.15) is 32.1 Å². The molecule has 0 aliphatic heterocycles. The van der Waals surface area contributed by atoms with Crippen molar-refractivity contribution in [2.24, 2.45) is 17.1 Å². The summed E-state index contributed by atoms with van der Waals surface area (Å²) < 4.78 is 0. The van der Waals surface area contributed by atoms with Crippen molar-refractivity contribution in [3.8, 4) is 0 Å². The van der Waals surface area contributed by atoms with Gasteiger partial charge in [0.05, 0.1) is 12.0 Å². The summed E-state index contributed by atoms with van der Waals surface area (Å²) in [4.78, 5) is 11.1. The second kappa shape index (κ2) is 3.21. The largest absolute Gasteiger partial charge is 0.481 e. The monoisotopic (exact) mass is 199 g/mol. The highest BCUT2D eigenvalue weighted by Gasteiger charge is 2.56. The smallest absolute Gasteiger partial charge is 0.307 e. The fraction of sp³-hybridized carbons (Fsp3) is 0.900. The van der Waals surface area contributed by atoms with Crippen molar-refractivity contribution >= 4 is 5.97 Å². The van der Waals surface area contributed by atoms with Crippen molar-refractivity contribution in [1.82, 2.24) is 0 Å². The highest BCUT2D eigenvalue weighted by molar-refractivity contribution is 5.71. The van der Waals surface area contributed by atoms with Crippen LogP contribution in [0.15, 0.2) is 0 Å². The molecule has 4 N–H and O–H groups in total. The zero-order valence-electron chi connectivity index (χ0n) is 8.15. The molecule has 2 fully saturated rings. The topological polar surface area (TPSA) is 83.6 Å². The first-order chi connectivity index (χ1) is 6.58. The Bertz CT molecular complexity index is 256. The van der Waals surface area contributed by atoms with Gasteiger partial charge in [-0.1, -0.05) is 6.42 Å². The van der Waals surface area contributed by atoms with E-state index in [2.05, 4.69) is 0 Å². The second-order valence-corrected chi connectivity index (χ2v) is 4.66. The normalized spacial score (nSPS) is 47.4. The number of carboxylic acid groups (broad SMARTS) is 1. The molecule has 0 aromatic rings.